The second-order valence-electron chi connectivity index (χ2n) is 9.87. The highest BCUT2D eigenvalue weighted by Crippen LogP contribution is 2.52. The van der Waals surface area contributed by atoms with Crippen LogP contribution in [0.15, 0.2) is 48.9 Å². The van der Waals surface area contributed by atoms with Crippen LogP contribution in [0.25, 0.3) is 22.1 Å². The van der Waals surface area contributed by atoms with Crippen molar-refractivity contribution in [2.45, 2.75) is 51.6 Å². The topological polar surface area (TPSA) is 126 Å². The minimum atomic E-state index is -0.683. The van der Waals surface area contributed by atoms with Crippen LogP contribution in [0.1, 0.15) is 38.3 Å². The van der Waals surface area contributed by atoms with Crippen molar-refractivity contribution >= 4 is 33.9 Å². The number of aromatic nitrogens is 5. The highest BCUT2D eigenvalue weighted by Gasteiger charge is 2.55. The average Bonchev–Trinajstić information content (AvgIpc) is 3.44. The highest BCUT2D eigenvalue weighted by molar-refractivity contribution is 5.82. The predicted octanol–water partition coefficient (Wildman–Crippen LogP) is 3.39. The molecule has 0 bridgehead atoms. The maximum atomic E-state index is 6.44. The second kappa shape index (κ2) is 7.22. The molecule has 0 spiro atoms. The van der Waals surface area contributed by atoms with Gasteiger partial charge in [-0.1, -0.05) is 25.1 Å². The molecule has 1 aliphatic carbocycles. The summed E-state index contributed by atoms with van der Waals surface area (Å²) in [4.78, 5) is 12.9. The molecular formula is C25H27N7O2. The number of benzene rings is 1. The molecule has 4 heterocycles. The molecule has 0 amide bonds. The van der Waals surface area contributed by atoms with Gasteiger partial charge < -0.3 is 20.9 Å². The van der Waals surface area contributed by atoms with E-state index in [-0.39, 0.29) is 17.6 Å². The zero-order chi connectivity index (χ0) is 23.7. The van der Waals surface area contributed by atoms with Gasteiger partial charge >= 0.3 is 0 Å². The molecule has 0 unspecified atom stereocenters. The number of hydrogen-bond donors (Lipinski definition) is 2. The van der Waals surface area contributed by atoms with E-state index < -0.39 is 5.79 Å². The Morgan fingerprint density at radius 2 is 1.88 bits per heavy atom. The van der Waals surface area contributed by atoms with Crippen LogP contribution in [0.2, 0.25) is 0 Å². The summed E-state index contributed by atoms with van der Waals surface area (Å²) in [5.41, 5.74) is 16.3. The zero-order valence-electron chi connectivity index (χ0n) is 19.4. The predicted molar refractivity (Wildman–Crippen MR) is 130 cm³/mol. The molecule has 4 aromatic rings. The minimum absolute atomic E-state index is 0.124. The van der Waals surface area contributed by atoms with Gasteiger partial charge in [-0.3, -0.25) is 0 Å². The molecule has 1 aliphatic heterocycles. The van der Waals surface area contributed by atoms with E-state index in [0.717, 1.165) is 34.9 Å². The van der Waals surface area contributed by atoms with Gasteiger partial charge in [0.05, 0.1) is 11.7 Å². The average molecular weight is 458 g/mol. The summed E-state index contributed by atoms with van der Waals surface area (Å²) in [5.74, 6) is 0.139. The first-order chi connectivity index (χ1) is 16.2. The van der Waals surface area contributed by atoms with Crippen LogP contribution in [0.5, 0.6) is 0 Å². The van der Waals surface area contributed by atoms with Crippen molar-refractivity contribution in [1.82, 2.24) is 24.6 Å². The Hall–Kier alpha value is -3.56. The number of nitrogens with two attached hydrogens (primary N) is 2. The lowest BCUT2D eigenvalue weighted by atomic mass is 9.81. The molecule has 3 atom stereocenters. The molecule has 0 saturated carbocycles. The lowest BCUT2D eigenvalue weighted by Gasteiger charge is -2.30. The van der Waals surface area contributed by atoms with Crippen molar-refractivity contribution in [3.63, 3.8) is 0 Å². The molecule has 3 aromatic heterocycles. The van der Waals surface area contributed by atoms with Gasteiger partial charge in [0.25, 0.3) is 0 Å². The Morgan fingerprint density at radius 3 is 2.74 bits per heavy atom. The van der Waals surface area contributed by atoms with E-state index in [4.69, 9.17) is 20.9 Å². The Bertz CT molecular complexity index is 1460. The van der Waals surface area contributed by atoms with Gasteiger partial charge in [-0.15, -0.1) is 0 Å². The first kappa shape index (κ1) is 21.0. The molecule has 1 saturated heterocycles. The van der Waals surface area contributed by atoms with Gasteiger partial charge in [0.15, 0.2) is 11.4 Å². The summed E-state index contributed by atoms with van der Waals surface area (Å²) < 4.78 is 14.4. The minimum Gasteiger partial charge on any atom is -0.384 e. The lowest BCUT2D eigenvalue weighted by molar-refractivity contribution is -0.153. The number of hydrogen-bond acceptors (Lipinski definition) is 8. The maximum absolute atomic E-state index is 6.44. The number of ether oxygens (including phenoxy) is 2. The van der Waals surface area contributed by atoms with Gasteiger partial charge in [0, 0.05) is 16.4 Å². The Labute approximate surface area is 196 Å². The third kappa shape index (κ3) is 3.31. The van der Waals surface area contributed by atoms with Gasteiger partial charge in [-0.25, -0.2) is 15.0 Å². The summed E-state index contributed by atoms with van der Waals surface area (Å²) in [5, 5.41) is 5.48. The molecular weight excluding hydrogens is 430 g/mol. The van der Waals surface area contributed by atoms with Crippen molar-refractivity contribution in [1.29, 1.82) is 0 Å². The second-order valence-corrected chi connectivity index (χ2v) is 9.87. The first-order valence-electron chi connectivity index (χ1n) is 11.4. The number of pyridine rings is 1. The Morgan fingerprint density at radius 1 is 1.06 bits per heavy atom. The van der Waals surface area contributed by atoms with E-state index in [9.17, 15) is 0 Å². The molecule has 9 heteroatoms. The third-order valence-electron chi connectivity index (χ3n) is 6.91. The summed E-state index contributed by atoms with van der Waals surface area (Å²) in [6, 6.07) is 10.2. The SMILES string of the molecule is CC1(C)O[C@H]2C(c3cnn4c(N)ncnc34)=C[C@](C)(CCc3ccc4ccc(N)nc4c3)[C@H]2O1. The molecule has 0 radical (unpaired) electrons. The standard InChI is InChI=1S/C25H27N7O2/c1-24(2)33-20-16(17-12-30-32-22(17)28-13-29-23(32)27)11-25(3,21(20)34-24)9-8-14-4-5-15-6-7-19(26)31-18(15)10-14/h4-7,10-13,20-21H,8-9H2,1-3H3,(H2,26,31)(H2,27,28,29)/t20-,21-,25-/m0/s1. The fraction of sp³-hybridized carbons (Fsp3) is 0.360. The molecule has 9 nitrogen and oxygen atoms in total. The van der Waals surface area contributed by atoms with Crippen molar-refractivity contribution < 1.29 is 9.47 Å². The monoisotopic (exact) mass is 457 g/mol. The number of fused-ring (bicyclic) bond motifs is 3. The van der Waals surface area contributed by atoms with E-state index in [1.165, 1.54) is 11.9 Å². The zero-order valence-corrected chi connectivity index (χ0v) is 19.4. The van der Waals surface area contributed by atoms with Gasteiger partial charge in [-0.05, 0) is 56.0 Å². The van der Waals surface area contributed by atoms with Crippen LogP contribution in [0.3, 0.4) is 0 Å². The van der Waals surface area contributed by atoms with Crippen LogP contribution in [-0.4, -0.2) is 42.6 Å². The normalized spacial score (nSPS) is 25.7. The van der Waals surface area contributed by atoms with Crippen LogP contribution in [0, 0.1) is 5.41 Å². The van der Waals surface area contributed by atoms with Crippen LogP contribution in [0.4, 0.5) is 11.8 Å². The van der Waals surface area contributed by atoms with Gasteiger partial charge in [0.2, 0.25) is 5.95 Å². The molecule has 34 heavy (non-hydrogen) atoms. The van der Waals surface area contributed by atoms with E-state index in [1.807, 2.05) is 26.0 Å². The third-order valence-corrected chi connectivity index (χ3v) is 6.91. The number of aryl methyl sites for hydroxylation is 1. The largest absolute Gasteiger partial charge is 0.384 e. The fourth-order valence-electron chi connectivity index (χ4n) is 5.22. The van der Waals surface area contributed by atoms with Crippen molar-refractivity contribution in [3.05, 3.63) is 60.1 Å². The number of anilines is 2. The smallest absolute Gasteiger partial charge is 0.224 e. The van der Waals surface area contributed by atoms with Crippen molar-refractivity contribution in [2.75, 3.05) is 11.5 Å². The molecule has 2 aliphatic rings. The molecule has 4 N–H and O–H groups in total. The Kier molecular flexibility index (Phi) is 4.46. The number of nitrogens with zero attached hydrogens (tertiary/aromatic N) is 5. The summed E-state index contributed by atoms with van der Waals surface area (Å²) in [6.45, 7) is 6.15. The van der Waals surface area contributed by atoms with Crippen molar-refractivity contribution in [2.24, 2.45) is 5.41 Å². The van der Waals surface area contributed by atoms with E-state index in [2.05, 4.69) is 51.2 Å². The Balaban J connectivity index is 1.36. The van der Waals surface area contributed by atoms with Gasteiger partial charge in [0.1, 0.15) is 24.4 Å². The maximum Gasteiger partial charge on any atom is 0.224 e. The highest BCUT2D eigenvalue weighted by atomic mass is 16.8. The molecule has 6 rings (SSSR count). The van der Waals surface area contributed by atoms with Crippen LogP contribution in [-0.2, 0) is 15.9 Å². The lowest BCUT2D eigenvalue weighted by Crippen LogP contribution is -2.34. The fourth-order valence-corrected chi connectivity index (χ4v) is 5.22. The summed E-state index contributed by atoms with van der Waals surface area (Å²) >= 11 is 0. The molecule has 174 valence electrons. The van der Waals surface area contributed by atoms with Crippen molar-refractivity contribution in [3.8, 4) is 0 Å². The van der Waals surface area contributed by atoms with E-state index >= 15 is 0 Å². The van der Waals surface area contributed by atoms with Crippen LogP contribution >= 0.6 is 0 Å². The van der Waals surface area contributed by atoms with E-state index in [1.54, 1.807) is 10.7 Å². The summed E-state index contributed by atoms with van der Waals surface area (Å²) in [7, 11) is 0. The van der Waals surface area contributed by atoms with Gasteiger partial charge in [-0.2, -0.15) is 9.61 Å². The summed E-state index contributed by atoms with van der Waals surface area (Å²) in [6.07, 6.45) is 6.90. The molecule has 1 fully saturated rings. The quantitative estimate of drug-likeness (QED) is 0.477. The van der Waals surface area contributed by atoms with E-state index in [0.29, 0.717) is 17.4 Å². The van der Waals surface area contributed by atoms with Crippen LogP contribution < -0.4 is 11.5 Å². The molecule has 1 aromatic carbocycles. The number of nitrogen functional groups attached to an aromatic ring is 2. The first-order valence-corrected chi connectivity index (χ1v) is 11.4. The number of rotatable bonds is 4.